The van der Waals surface area contributed by atoms with E-state index < -0.39 is 21.5 Å². The highest BCUT2D eigenvalue weighted by molar-refractivity contribution is 7.91. The van der Waals surface area contributed by atoms with Crippen LogP contribution in [0.25, 0.3) is 0 Å². The Balaban J connectivity index is 2.95. The number of nitrogens with zero attached hydrogens (tertiary/aromatic N) is 1. The average molecular weight is 271 g/mol. The Morgan fingerprint density at radius 1 is 1.44 bits per heavy atom. The molecular formula is C10H13N3O4S. The van der Waals surface area contributed by atoms with Gasteiger partial charge in [0.2, 0.25) is 5.91 Å². The Kier molecular flexibility index (Phi) is 4.27. The Hall–Kier alpha value is -2.09. The fraction of sp³-hybridized carbons (Fsp3) is 0.200. The van der Waals surface area contributed by atoms with E-state index in [0.29, 0.717) is 5.56 Å². The number of carbonyl (C=O) groups is 1. The lowest BCUT2D eigenvalue weighted by Crippen LogP contribution is -2.24. The molecule has 0 atom stereocenters. The second-order valence-electron chi connectivity index (χ2n) is 3.65. The maximum absolute atomic E-state index is 11.5. The van der Waals surface area contributed by atoms with E-state index in [2.05, 4.69) is 10.5 Å². The summed E-state index contributed by atoms with van der Waals surface area (Å²) < 4.78 is 21.9. The number of amides is 1. The molecule has 0 unspecified atom stereocenters. The summed E-state index contributed by atoms with van der Waals surface area (Å²) in [5.74, 6) is -1.49. The van der Waals surface area contributed by atoms with Crippen molar-refractivity contribution < 1.29 is 18.4 Å². The molecule has 0 fully saturated rings. The first kappa shape index (κ1) is 14.0. The molecule has 0 aliphatic heterocycles. The van der Waals surface area contributed by atoms with Gasteiger partial charge in [0, 0.05) is 11.8 Å². The van der Waals surface area contributed by atoms with Crippen molar-refractivity contribution in [3.63, 3.8) is 0 Å². The molecule has 0 saturated heterocycles. The summed E-state index contributed by atoms with van der Waals surface area (Å²) in [6, 6.07) is 6.32. The van der Waals surface area contributed by atoms with Gasteiger partial charge in [0.15, 0.2) is 15.7 Å². The van der Waals surface area contributed by atoms with Crippen molar-refractivity contribution in [2.24, 2.45) is 10.9 Å². The predicted octanol–water partition coefficient (Wildman–Crippen LogP) is -0.236. The smallest absolute Gasteiger partial charge is 0.239 e. The number of benzene rings is 1. The second kappa shape index (κ2) is 5.50. The molecule has 7 nitrogen and oxygen atoms in total. The van der Waals surface area contributed by atoms with Crippen LogP contribution < -0.4 is 11.1 Å². The van der Waals surface area contributed by atoms with Crippen LogP contribution in [0.4, 0.5) is 5.69 Å². The third-order valence-corrected chi connectivity index (χ3v) is 2.76. The number of carbonyl (C=O) groups excluding carboxylic acids is 1. The largest absolute Gasteiger partial charge is 0.409 e. The number of oxime groups is 1. The summed E-state index contributed by atoms with van der Waals surface area (Å²) in [6.45, 7) is 0. The standard InChI is InChI=1S/C10H13N3O4S/c1-18(16,17)6-9(14)12-8-5-3-2-4-7(8)10(11)13-15/h2-5,15H,6H2,1H3,(H2,11,13)(H,12,14). The summed E-state index contributed by atoms with van der Waals surface area (Å²) in [6.07, 6.45) is 0.960. The molecule has 18 heavy (non-hydrogen) atoms. The minimum atomic E-state index is -3.41. The molecule has 98 valence electrons. The topological polar surface area (TPSA) is 122 Å². The van der Waals surface area contributed by atoms with Crippen molar-refractivity contribution in [1.82, 2.24) is 0 Å². The van der Waals surface area contributed by atoms with Crippen LogP contribution in [-0.2, 0) is 14.6 Å². The third kappa shape index (κ3) is 4.06. The second-order valence-corrected chi connectivity index (χ2v) is 5.79. The summed E-state index contributed by atoms with van der Waals surface area (Å²) in [4.78, 5) is 11.5. The minimum absolute atomic E-state index is 0.176. The van der Waals surface area contributed by atoms with Gasteiger partial charge in [-0.25, -0.2) is 8.42 Å². The minimum Gasteiger partial charge on any atom is -0.409 e. The number of amidine groups is 1. The number of sulfone groups is 1. The van der Waals surface area contributed by atoms with Crippen LogP contribution in [0.1, 0.15) is 5.56 Å². The molecule has 0 aromatic heterocycles. The zero-order chi connectivity index (χ0) is 13.8. The van der Waals surface area contributed by atoms with Gasteiger partial charge in [0.1, 0.15) is 5.75 Å². The van der Waals surface area contributed by atoms with Crippen LogP contribution in [0, 0.1) is 0 Å². The van der Waals surface area contributed by atoms with Crippen molar-refractivity contribution in [3.05, 3.63) is 29.8 Å². The van der Waals surface area contributed by atoms with E-state index in [1.54, 1.807) is 12.1 Å². The highest BCUT2D eigenvalue weighted by Crippen LogP contribution is 2.14. The average Bonchev–Trinajstić information content (AvgIpc) is 2.26. The number of para-hydroxylation sites is 1. The maximum atomic E-state index is 11.5. The highest BCUT2D eigenvalue weighted by Gasteiger charge is 2.13. The zero-order valence-electron chi connectivity index (χ0n) is 9.62. The van der Waals surface area contributed by atoms with Gasteiger partial charge in [-0.2, -0.15) is 0 Å². The first-order chi connectivity index (χ1) is 8.33. The predicted molar refractivity (Wildman–Crippen MR) is 67.3 cm³/mol. The molecule has 1 aromatic carbocycles. The lowest BCUT2D eigenvalue weighted by molar-refractivity contribution is -0.113. The molecule has 0 aliphatic carbocycles. The lowest BCUT2D eigenvalue weighted by Gasteiger charge is -2.09. The Labute approximate surface area is 104 Å². The lowest BCUT2D eigenvalue weighted by atomic mass is 10.1. The molecule has 8 heteroatoms. The van der Waals surface area contributed by atoms with Gasteiger partial charge in [-0.15, -0.1) is 0 Å². The van der Waals surface area contributed by atoms with Gasteiger partial charge < -0.3 is 16.3 Å². The Morgan fingerprint density at radius 3 is 2.61 bits per heavy atom. The van der Waals surface area contributed by atoms with E-state index in [9.17, 15) is 13.2 Å². The zero-order valence-corrected chi connectivity index (χ0v) is 10.4. The Bertz CT molecular complexity index is 581. The summed E-state index contributed by atoms with van der Waals surface area (Å²) >= 11 is 0. The van der Waals surface area contributed by atoms with Gasteiger partial charge in [-0.1, -0.05) is 17.3 Å². The van der Waals surface area contributed by atoms with Crippen molar-refractivity contribution in [3.8, 4) is 0 Å². The van der Waals surface area contributed by atoms with Gasteiger partial charge in [-0.3, -0.25) is 4.79 Å². The number of nitrogens with one attached hydrogen (secondary N) is 1. The van der Waals surface area contributed by atoms with E-state index in [1.807, 2.05) is 0 Å². The van der Waals surface area contributed by atoms with E-state index >= 15 is 0 Å². The summed E-state index contributed by atoms with van der Waals surface area (Å²) in [5, 5.41) is 13.8. The van der Waals surface area contributed by atoms with Crippen molar-refractivity contribution >= 4 is 27.3 Å². The number of hydrogen-bond donors (Lipinski definition) is 3. The van der Waals surface area contributed by atoms with Crippen molar-refractivity contribution in [2.45, 2.75) is 0 Å². The molecule has 1 rings (SSSR count). The molecule has 1 aromatic rings. The monoisotopic (exact) mass is 271 g/mol. The summed E-state index contributed by atoms with van der Waals surface area (Å²) in [7, 11) is -3.41. The van der Waals surface area contributed by atoms with Gasteiger partial charge in [-0.05, 0) is 12.1 Å². The van der Waals surface area contributed by atoms with E-state index in [-0.39, 0.29) is 11.5 Å². The first-order valence-corrected chi connectivity index (χ1v) is 6.94. The molecule has 0 heterocycles. The van der Waals surface area contributed by atoms with Crippen molar-refractivity contribution in [2.75, 3.05) is 17.3 Å². The fourth-order valence-corrected chi connectivity index (χ4v) is 1.84. The molecule has 0 saturated carbocycles. The maximum Gasteiger partial charge on any atom is 0.239 e. The number of hydrogen-bond acceptors (Lipinski definition) is 5. The Morgan fingerprint density at radius 2 is 2.06 bits per heavy atom. The molecule has 1 amide bonds. The van der Waals surface area contributed by atoms with E-state index in [4.69, 9.17) is 10.9 Å². The third-order valence-electron chi connectivity index (χ3n) is 1.98. The normalized spacial score (nSPS) is 12.2. The SMILES string of the molecule is CS(=O)(=O)CC(=O)Nc1ccccc1C(N)=NO. The van der Waals surface area contributed by atoms with Crippen LogP contribution in [0.5, 0.6) is 0 Å². The van der Waals surface area contributed by atoms with Crippen LogP contribution in [0.2, 0.25) is 0 Å². The quantitative estimate of drug-likeness (QED) is 0.302. The molecular weight excluding hydrogens is 258 g/mol. The number of rotatable bonds is 4. The van der Waals surface area contributed by atoms with Crippen molar-refractivity contribution in [1.29, 1.82) is 0 Å². The van der Waals surface area contributed by atoms with E-state index in [0.717, 1.165) is 6.26 Å². The van der Waals surface area contributed by atoms with Gasteiger partial charge >= 0.3 is 0 Å². The molecule has 4 N–H and O–H groups in total. The van der Waals surface area contributed by atoms with Gasteiger partial charge in [0.05, 0.1) is 5.69 Å². The number of nitrogens with two attached hydrogens (primary N) is 1. The van der Waals surface area contributed by atoms with Crippen LogP contribution in [0.3, 0.4) is 0 Å². The molecule has 0 bridgehead atoms. The fourth-order valence-electron chi connectivity index (χ4n) is 1.29. The van der Waals surface area contributed by atoms with E-state index in [1.165, 1.54) is 12.1 Å². The number of anilines is 1. The molecule has 0 radical (unpaired) electrons. The van der Waals surface area contributed by atoms with Gasteiger partial charge in [0.25, 0.3) is 0 Å². The van der Waals surface area contributed by atoms with Crippen LogP contribution in [0.15, 0.2) is 29.4 Å². The highest BCUT2D eigenvalue weighted by atomic mass is 32.2. The van der Waals surface area contributed by atoms with Crippen LogP contribution >= 0.6 is 0 Å². The molecule has 0 aliphatic rings. The molecule has 0 spiro atoms. The first-order valence-electron chi connectivity index (χ1n) is 4.88. The van der Waals surface area contributed by atoms with Crippen LogP contribution in [-0.4, -0.2) is 37.4 Å². The summed E-state index contributed by atoms with van der Waals surface area (Å²) in [5.41, 5.74) is 6.01.